The number of nitrogens with two attached hydrogens (primary N) is 1. The number of hydrogen-bond donors (Lipinski definition) is 3. The number of aliphatic imine (C=N–C) groups is 1. The van der Waals surface area contributed by atoms with Crippen LogP contribution in [0.3, 0.4) is 0 Å². The third-order valence-corrected chi connectivity index (χ3v) is 1.61. The lowest BCUT2D eigenvalue weighted by molar-refractivity contribution is -0.122. The molecule has 4 N–H and O–H groups in total. The van der Waals surface area contributed by atoms with Gasteiger partial charge in [0.1, 0.15) is 5.92 Å². The number of hydrogen-bond acceptors (Lipinski definition) is 5. The van der Waals surface area contributed by atoms with E-state index in [9.17, 15) is 4.79 Å². The van der Waals surface area contributed by atoms with Gasteiger partial charge in [-0.05, 0) is 0 Å². The Bertz CT molecular complexity index is 258. The summed E-state index contributed by atoms with van der Waals surface area (Å²) < 4.78 is 0. The molecule has 2 rings (SSSR count). The van der Waals surface area contributed by atoms with Crippen LogP contribution in [0, 0.1) is 5.92 Å². The van der Waals surface area contributed by atoms with E-state index in [1.807, 2.05) is 0 Å². The van der Waals surface area contributed by atoms with Crippen LogP contribution in [0.25, 0.3) is 0 Å². The summed E-state index contributed by atoms with van der Waals surface area (Å²) in [5.74, 6) is -0.312. The second kappa shape index (κ2) is 1.94. The van der Waals surface area contributed by atoms with Gasteiger partial charge in [0.05, 0.1) is 0 Å². The van der Waals surface area contributed by atoms with Gasteiger partial charge in [-0.1, -0.05) is 0 Å². The van der Waals surface area contributed by atoms with Crippen LogP contribution in [0.5, 0.6) is 0 Å². The van der Waals surface area contributed by atoms with Gasteiger partial charge in [-0.25, -0.2) is 4.99 Å². The molecule has 11 heavy (non-hydrogen) atoms. The SMILES string of the molecule is NC1=N[C@H]2NN=C[C@H]2C(=O)N1. The van der Waals surface area contributed by atoms with Crippen LogP contribution in [-0.4, -0.2) is 24.2 Å². The monoisotopic (exact) mass is 153 g/mol. The van der Waals surface area contributed by atoms with Crippen LogP contribution >= 0.6 is 0 Å². The zero-order valence-corrected chi connectivity index (χ0v) is 5.61. The number of rotatable bonds is 0. The topological polar surface area (TPSA) is 91.9 Å². The van der Waals surface area contributed by atoms with Crippen molar-refractivity contribution in [3.8, 4) is 0 Å². The van der Waals surface area contributed by atoms with Crippen molar-refractivity contribution in [3.05, 3.63) is 0 Å². The highest BCUT2D eigenvalue weighted by Crippen LogP contribution is 2.11. The van der Waals surface area contributed by atoms with Gasteiger partial charge in [0.25, 0.3) is 0 Å². The highest BCUT2D eigenvalue weighted by atomic mass is 16.2. The first-order chi connectivity index (χ1) is 5.27. The maximum absolute atomic E-state index is 11.1. The first-order valence-corrected chi connectivity index (χ1v) is 3.20. The molecular weight excluding hydrogens is 146 g/mol. The van der Waals surface area contributed by atoms with Crippen molar-refractivity contribution in [3.63, 3.8) is 0 Å². The van der Waals surface area contributed by atoms with E-state index >= 15 is 0 Å². The van der Waals surface area contributed by atoms with Crippen molar-refractivity contribution < 1.29 is 4.79 Å². The molecule has 6 nitrogen and oxygen atoms in total. The molecule has 2 aliphatic heterocycles. The number of amides is 1. The van der Waals surface area contributed by atoms with E-state index in [2.05, 4.69) is 20.8 Å². The second-order valence-electron chi connectivity index (χ2n) is 2.38. The Kier molecular flexibility index (Phi) is 1.09. The highest BCUT2D eigenvalue weighted by molar-refractivity contribution is 6.06. The van der Waals surface area contributed by atoms with E-state index in [-0.39, 0.29) is 24.0 Å². The van der Waals surface area contributed by atoms with Crippen molar-refractivity contribution in [2.24, 2.45) is 21.7 Å². The summed E-state index contributed by atoms with van der Waals surface area (Å²) >= 11 is 0. The normalized spacial score (nSPS) is 33.8. The summed E-state index contributed by atoms with van der Waals surface area (Å²) in [7, 11) is 0. The van der Waals surface area contributed by atoms with Crippen LogP contribution < -0.4 is 16.5 Å². The fraction of sp³-hybridized carbons (Fsp3) is 0.400. The predicted octanol–water partition coefficient (Wildman–Crippen LogP) is -2.04. The van der Waals surface area contributed by atoms with Gasteiger partial charge in [0, 0.05) is 6.21 Å². The van der Waals surface area contributed by atoms with E-state index in [0.717, 1.165) is 0 Å². The first-order valence-electron chi connectivity index (χ1n) is 3.20. The van der Waals surface area contributed by atoms with Crippen molar-refractivity contribution >= 4 is 18.1 Å². The van der Waals surface area contributed by atoms with E-state index < -0.39 is 0 Å². The summed E-state index contributed by atoms with van der Waals surface area (Å²) in [5, 5.41) is 6.12. The number of nitrogens with zero attached hydrogens (tertiary/aromatic N) is 2. The van der Waals surface area contributed by atoms with Gasteiger partial charge in [0.2, 0.25) is 5.91 Å². The zero-order valence-electron chi connectivity index (χ0n) is 5.61. The van der Waals surface area contributed by atoms with Crippen LogP contribution in [0.1, 0.15) is 0 Å². The number of carbonyl (C=O) groups excluding carboxylic acids is 1. The molecule has 0 saturated heterocycles. The average Bonchev–Trinajstić information content (AvgIpc) is 2.34. The molecule has 2 heterocycles. The molecule has 0 radical (unpaired) electrons. The summed E-state index contributed by atoms with van der Waals surface area (Å²) in [4.78, 5) is 15.0. The minimum Gasteiger partial charge on any atom is -0.370 e. The largest absolute Gasteiger partial charge is 0.370 e. The van der Waals surface area contributed by atoms with E-state index in [4.69, 9.17) is 5.73 Å². The number of fused-ring (bicyclic) bond motifs is 1. The predicted molar refractivity (Wildman–Crippen MR) is 38.7 cm³/mol. The molecule has 0 aliphatic carbocycles. The molecule has 0 bridgehead atoms. The number of guanidine groups is 1. The molecule has 0 fully saturated rings. The van der Waals surface area contributed by atoms with Crippen LogP contribution in [0.2, 0.25) is 0 Å². The number of carbonyl (C=O) groups is 1. The molecule has 0 saturated carbocycles. The maximum atomic E-state index is 11.1. The smallest absolute Gasteiger partial charge is 0.239 e. The molecule has 0 unspecified atom stereocenters. The maximum Gasteiger partial charge on any atom is 0.239 e. The Morgan fingerprint density at radius 3 is 3.27 bits per heavy atom. The third-order valence-electron chi connectivity index (χ3n) is 1.61. The average molecular weight is 153 g/mol. The zero-order chi connectivity index (χ0) is 7.84. The molecule has 58 valence electrons. The van der Waals surface area contributed by atoms with Crippen molar-refractivity contribution in [2.75, 3.05) is 0 Å². The van der Waals surface area contributed by atoms with Crippen molar-refractivity contribution in [1.29, 1.82) is 0 Å². The van der Waals surface area contributed by atoms with Crippen LogP contribution in [0.4, 0.5) is 0 Å². The van der Waals surface area contributed by atoms with Gasteiger partial charge in [-0.2, -0.15) is 5.10 Å². The van der Waals surface area contributed by atoms with Gasteiger partial charge >= 0.3 is 0 Å². The molecule has 0 aromatic carbocycles. The first kappa shape index (κ1) is 6.14. The summed E-state index contributed by atoms with van der Waals surface area (Å²) in [6, 6.07) is 0. The summed E-state index contributed by atoms with van der Waals surface area (Å²) in [6.45, 7) is 0. The summed E-state index contributed by atoms with van der Waals surface area (Å²) in [6.07, 6.45) is 1.22. The minimum absolute atomic E-state index is 0.147. The lowest BCUT2D eigenvalue weighted by atomic mass is 10.1. The second-order valence-corrected chi connectivity index (χ2v) is 2.38. The fourth-order valence-corrected chi connectivity index (χ4v) is 1.07. The molecule has 0 spiro atoms. The standard InChI is InChI=1S/C5H7N5O/c6-5-8-3-2(1-7-10-3)4(11)9-5/h1-3,10H,(H3,6,8,9,11)/t2-,3+/m1/s1. The Morgan fingerprint density at radius 1 is 1.64 bits per heavy atom. The van der Waals surface area contributed by atoms with Crippen molar-refractivity contribution in [2.45, 2.75) is 6.17 Å². The quantitative estimate of drug-likeness (QED) is 0.374. The molecule has 2 aliphatic rings. The van der Waals surface area contributed by atoms with Gasteiger partial charge in [-0.15, -0.1) is 0 Å². The highest BCUT2D eigenvalue weighted by Gasteiger charge is 2.34. The van der Waals surface area contributed by atoms with E-state index in [0.29, 0.717) is 0 Å². The Balaban J connectivity index is 2.30. The molecule has 1 amide bonds. The lowest BCUT2D eigenvalue weighted by Gasteiger charge is -2.19. The Morgan fingerprint density at radius 2 is 2.45 bits per heavy atom. The Hall–Kier alpha value is -1.59. The fourth-order valence-electron chi connectivity index (χ4n) is 1.07. The van der Waals surface area contributed by atoms with Crippen LogP contribution in [-0.2, 0) is 4.79 Å². The lowest BCUT2D eigenvalue weighted by Crippen LogP contribution is -2.50. The third kappa shape index (κ3) is 0.830. The minimum atomic E-state index is -0.303. The Labute approximate surface area is 62.5 Å². The molecule has 6 heteroatoms. The molecule has 2 atom stereocenters. The van der Waals surface area contributed by atoms with Gasteiger partial charge in [0.15, 0.2) is 12.1 Å². The molecular formula is C5H7N5O. The van der Waals surface area contributed by atoms with Crippen LogP contribution in [0.15, 0.2) is 10.1 Å². The molecule has 0 aromatic rings. The van der Waals surface area contributed by atoms with Crippen molar-refractivity contribution in [1.82, 2.24) is 10.7 Å². The van der Waals surface area contributed by atoms with Gasteiger partial charge < -0.3 is 5.73 Å². The van der Waals surface area contributed by atoms with Gasteiger partial charge in [-0.3, -0.25) is 15.5 Å². The molecule has 0 aromatic heterocycles. The number of nitrogens with one attached hydrogen (secondary N) is 2. The number of hydrazone groups is 1. The van der Waals surface area contributed by atoms with E-state index in [1.54, 1.807) is 0 Å². The van der Waals surface area contributed by atoms with E-state index in [1.165, 1.54) is 6.21 Å². The summed E-state index contributed by atoms with van der Waals surface area (Å²) in [5.41, 5.74) is 7.96.